The van der Waals surface area contributed by atoms with E-state index in [1.165, 1.54) is 6.07 Å². The molecule has 0 radical (unpaired) electrons. The molecule has 8 heteroatoms. The van der Waals surface area contributed by atoms with Crippen LogP contribution in [0.4, 0.5) is 17.6 Å². The van der Waals surface area contributed by atoms with Crippen LogP contribution in [0.25, 0.3) is 0 Å². The van der Waals surface area contributed by atoms with E-state index in [1.807, 2.05) is 0 Å². The summed E-state index contributed by atoms with van der Waals surface area (Å²) in [5.74, 6) is -2.04. The molecule has 100 valence electrons. The van der Waals surface area contributed by atoms with Gasteiger partial charge >= 0.3 is 6.18 Å². The van der Waals surface area contributed by atoms with E-state index >= 15 is 0 Å². The van der Waals surface area contributed by atoms with Crippen molar-refractivity contribution in [3.63, 3.8) is 0 Å². The van der Waals surface area contributed by atoms with Crippen molar-refractivity contribution in [2.75, 3.05) is 19.7 Å². The van der Waals surface area contributed by atoms with E-state index in [-0.39, 0.29) is 0 Å². The lowest BCUT2D eigenvalue weighted by atomic mass is 10.3. The lowest BCUT2D eigenvalue weighted by Gasteiger charge is -2.22. The van der Waals surface area contributed by atoms with Crippen LogP contribution >= 0.6 is 0 Å². The number of carbonyl (C=O) groups is 1. The first-order valence-electron chi connectivity index (χ1n) is 4.93. The van der Waals surface area contributed by atoms with Gasteiger partial charge in [-0.25, -0.2) is 4.98 Å². The molecule has 0 aliphatic heterocycles. The molecule has 1 heterocycles. The van der Waals surface area contributed by atoms with E-state index in [0.29, 0.717) is 4.90 Å². The molecule has 0 atom stereocenters. The normalized spacial score (nSPS) is 11.4. The minimum absolute atomic E-state index is 0.363. The summed E-state index contributed by atoms with van der Waals surface area (Å²) in [6.07, 6.45) is -4.60. The summed E-state index contributed by atoms with van der Waals surface area (Å²) in [5.41, 5.74) is -0.437. The Bertz CT molecular complexity index is 423. The van der Waals surface area contributed by atoms with Gasteiger partial charge in [0.1, 0.15) is 12.2 Å². The highest BCUT2D eigenvalue weighted by molar-refractivity contribution is 5.92. The fourth-order valence-electron chi connectivity index (χ4n) is 1.28. The molecule has 0 aliphatic rings. The molecule has 1 N–H and O–H groups in total. The quantitative estimate of drug-likeness (QED) is 0.658. The SMILES string of the molecule is O=C(c1cccc(F)n1)N(CCO)CC(F)(F)F. The molecular weight excluding hydrogens is 256 g/mol. The van der Waals surface area contributed by atoms with Crippen molar-refractivity contribution in [3.8, 4) is 0 Å². The highest BCUT2D eigenvalue weighted by atomic mass is 19.4. The number of hydrogen-bond acceptors (Lipinski definition) is 3. The molecule has 0 saturated carbocycles. The summed E-state index contributed by atoms with van der Waals surface area (Å²) in [4.78, 5) is 15.2. The summed E-state index contributed by atoms with van der Waals surface area (Å²) >= 11 is 0. The number of aromatic nitrogens is 1. The maximum Gasteiger partial charge on any atom is 0.406 e. The van der Waals surface area contributed by atoms with E-state index < -0.39 is 43.4 Å². The Hall–Kier alpha value is -1.70. The van der Waals surface area contributed by atoms with E-state index in [0.717, 1.165) is 12.1 Å². The summed E-state index contributed by atoms with van der Waals surface area (Å²) in [6.45, 7) is -2.65. The lowest BCUT2D eigenvalue weighted by Crippen LogP contribution is -2.41. The van der Waals surface area contributed by atoms with Gasteiger partial charge in [-0.2, -0.15) is 17.6 Å². The summed E-state index contributed by atoms with van der Waals surface area (Å²) < 4.78 is 49.4. The molecule has 4 nitrogen and oxygen atoms in total. The van der Waals surface area contributed by atoms with Gasteiger partial charge in [-0.15, -0.1) is 0 Å². The van der Waals surface area contributed by atoms with Crippen molar-refractivity contribution >= 4 is 5.91 Å². The van der Waals surface area contributed by atoms with Gasteiger partial charge in [-0.1, -0.05) is 6.07 Å². The van der Waals surface area contributed by atoms with E-state index in [2.05, 4.69) is 4.98 Å². The van der Waals surface area contributed by atoms with Gasteiger partial charge in [0.15, 0.2) is 0 Å². The number of carbonyl (C=O) groups excluding carboxylic acids is 1. The Morgan fingerprint density at radius 1 is 1.39 bits per heavy atom. The summed E-state index contributed by atoms with van der Waals surface area (Å²) in [7, 11) is 0. The molecule has 1 aromatic rings. The topological polar surface area (TPSA) is 53.4 Å². The minimum atomic E-state index is -4.60. The zero-order chi connectivity index (χ0) is 13.8. The Balaban J connectivity index is 2.89. The second-order valence-corrected chi connectivity index (χ2v) is 3.41. The fourth-order valence-corrected chi connectivity index (χ4v) is 1.28. The van der Waals surface area contributed by atoms with Gasteiger partial charge in [-0.3, -0.25) is 4.79 Å². The average Bonchev–Trinajstić information content (AvgIpc) is 2.26. The molecule has 18 heavy (non-hydrogen) atoms. The summed E-state index contributed by atoms with van der Waals surface area (Å²) in [6, 6.07) is 3.24. The van der Waals surface area contributed by atoms with Gasteiger partial charge in [-0.05, 0) is 12.1 Å². The number of alkyl halides is 3. The Morgan fingerprint density at radius 2 is 2.06 bits per heavy atom. The van der Waals surface area contributed by atoms with Crippen molar-refractivity contribution < 1.29 is 27.5 Å². The molecule has 0 spiro atoms. The number of hydrogen-bond donors (Lipinski definition) is 1. The molecule has 0 aliphatic carbocycles. The number of pyridine rings is 1. The van der Waals surface area contributed by atoms with Crippen molar-refractivity contribution in [2.45, 2.75) is 6.18 Å². The number of rotatable bonds is 4. The largest absolute Gasteiger partial charge is 0.406 e. The Morgan fingerprint density at radius 3 is 2.56 bits per heavy atom. The van der Waals surface area contributed by atoms with Crippen LogP contribution in [0.2, 0.25) is 0 Å². The maximum atomic E-state index is 12.8. The lowest BCUT2D eigenvalue weighted by molar-refractivity contribution is -0.141. The molecule has 1 rings (SSSR count). The molecule has 1 aromatic heterocycles. The van der Waals surface area contributed by atoms with Crippen LogP contribution in [0.3, 0.4) is 0 Å². The van der Waals surface area contributed by atoms with Crippen molar-refractivity contribution in [1.29, 1.82) is 0 Å². The first kappa shape index (κ1) is 14.4. The van der Waals surface area contributed by atoms with Gasteiger partial charge in [0.25, 0.3) is 5.91 Å². The molecule has 0 unspecified atom stereocenters. The second-order valence-electron chi connectivity index (χ2n) is 3.41. The molecule has 0 fully saturated rings. The van der Waals surface area contributed by atoms with E-state index in [9.17, 15) is 22.4 Å². The third kappa shape index (κ3) is 4.28. The highest BCUT2D eigenvalue weighted by Crippen LogP contribution is 2.17. The predicted molar refractivity (Wildman–Crippen MR) is 53.2 cm³/mol. The smallest absolute Gasteiger partial charge is 0.395 e. The zero-order valence-corrected chi connectivity index (χ0v) is 9.12. The number of nitrogens with zero attached hydrogens (tertiary/aromatic N) is 2. The van der Waals surface area contributed by atoms with E-state index in [4.69, 9.17) is 5.11 Å². The van der Waals surface area contributed by atoms with Crippen LogP contribution < -0.4 is 0 Å². The standard InChI is InChI=1S/C10H10F4N2O2/c11-8-3-1-2-7(15-8)9(18)16(4-5-17)6-10(12,13)14/h1-3,17H,4-6H2. The second kappa shape index (κ2) is 5.76. The number of aliphatic hydroxyl groups is 1. The third-order valence-corrected chi connectivity index (χ3v) is 1.96. The Kier molecular flexibility index (Phi) is 4.60. The third-order valence-electron chi connectivity index (χ3n) is 1.96. The van der Waals surface area contributed by atoms with Crippen LogP contribution in [0.5, 0.6) is 0 Å². The Labute approximate surface area is 99.9 Å². The van der Waals surface area contributed by atoms with Crippen LogP contribution in [0, 0.1) is 5.95 Å². The van der Waals surface area contributed by atoms with Crippen LogP contribution in [-0.4, -0.2) is 46.8 Å². The molecular formula is C10H10F4N2O2. The van der Waals surface area contributed by atoms with Gasteiger partial charge in [0, 0.05) is 6.54 Å². The minimum Gasteiger partial charge on any atom is -0.395 e. The monoisotopic (exact) mass is 266 g/mol. The van der Waals surface area contributed by atoms with Gasteiger partial charge < -0.3 is 10.0 Å². The zero-order valence-electron chi connectivity index (χ0n) is 9.12. The van der Waals surface area contributed by atoms with Crippen molar-refractivity contribution in [2.24, 2.45) is 0 Å². The van der Waals surface area contributed by atoms with Crippen molar-refractivity contribution in [3.05, 3.63) is 29.8 Å². The molecule has 0 bridgehead atoms. The number of aliphatic hydroxyl groups excluding tert-OH is 1. The highest BCUT2D eigenvalue weighted by Gasteiger charge is 2.33. The van der Waals surface area contributed by atoms with Gasteiger partial charge in [0.05, 0.1) is 6.61 Å². The van der Waals surface area contributed by atoms with E-state index in [1.54, 1.807) is 0 Å². The molecule has 0 aromatic carbocycles. The fraction of sp³-hybridized carbons (Fsp3) is 0.400. The van der Waals surface area contributed by atoms with Crippen LogP contribution in [-0.2, 0) is 0 Å². The first-order valence-corrected chi connectivity index (χ1v) is 4.93. The van der Waals surface area contributed by atoms with Gasteiger partial charge in [0.2, 0.25) is 5.95 Å². The summed E-state index contributed by atoms with van der Waals surface area (Å²) in [5, 5.41) is 8.63. The van der Waals surface area contributed by atoms with Crippen LogP contribution in [0.15, 0.2) is 18.2 Å². The molecule has 1 amide bonds. The first-order chi connectivity index (χ1) is 8.33. The predicted octanol–water partition coefficient (Wildman–Crippen LogP) is 1.22. The molecule has 0 saturated heterocycles. The van der Waals surface area contributed by atoms with Crippen molar-refractivity contribution in [1.82, 2.24) is 9.88 Å². The number of amides is 1. The number of halogens is 4. The van der Waals surface area contributed by atoms with Crippen LogP contribution in [0.1, 0.15) is 10.5 Å². The maximum absolute atomic E-state index is 12.8. The average molecular weight is 266 g/mol.